The molecule has 1 amide bonds. The summed E-state index contributed by atoms with van der Waals surface area (Å²) in [6.07, 6.45) is 3.21. The van der Waals surface area contributed by atoms with Gasteiger partial charge in [0.25, 0.3) is 11.7 Å². The number of aromatic nitrogens is 1. The van der Waals surface area contributed by atoms with E-state index in [0.29, 0.717) is 23.5 Å². The van der Waals surface area contributed by atoms with Crippen LogP contribution in [-0.4, -0.2) is 38.4 Å². The van der Waals surface area contributed by atoms with Gasteiger partial charge in [-0.15, -0.1) is 0 Å². The molecule has 32 heavy (non-hydrogen) atoms. The fraction of sp³-hybridized carbons (Fsp3) is 0.160. The van der Waals surface area contributed by atoms with Crippen molar-refractivity contribution >= 4 is 17.4 Å². The molecule has 1 fully saturated rings. The van der Waals surface area contributed by atoms with Crippen LogP contribution in [-0.2, 0) is 16.1 Å². The van der Waals surface area contributed by atoms with Crippen LogP contribution in [0.1, 0.15) is 29.7 Å². The first-order valence-electron chi connectivity index (χ1n) is 10.2. The van der Waals surface area contributed by atoms with Crippen molar-refractivity contribution in [1.82, 2.24) is 9.88 Å². The maximum Gasteiger partial charge on any atom is 0.295 e. The number of likely N-dealkylation sites (tertiary alicyclic amines) is 1. The molecule has 0 radical (unpaired) electrons. The molecule has 1 unspecified atom stereocenters. The summed E-state index contributed by atoms with van der Waals surface area (Å²) in [6.45, 7) is 2.44. The molecule has 1 aromatic heterocycles. The van der Waals surface area contributed by atoms with E-state index >= 15 is 0 Å². The number of carbonyl (C=O) groups is 2. The summed E-state index contributed by atoms with van der Waals surface area (Å²) < 4.78 is 5.50. The normalized spacial score (nSPS) is 17.5. The number of rotatable bonds is 6. The Bertz CT molecular complexity index is 1190. The monoisotopic (exact) mass is 430 g/mol. The number of ketones is 1. The summed E-state index contributed by atoms with van der Waals surface area (Å²) in [6, 6.07) is 15.7. The van der Waals surface area contributed by atoms with Gasteiger partial charge in [-0.05, 0) is 54.4 Å². The number of nitrogens with zero attached hydrogens (tertiary/aromatic N) is 2. The Kier molecular flexibility index (Phi) is 5.89. The molecule has 2 N–H and O–H groups in total. The Balaban J connectivity index is 1.85. The third kappa shape index (κ3) is 4.05. The zero-order chi connectivity index (χ0) is 22.7. The molecule has 3 aromatic rings. The van der Waals surface area contributed by atoms with E-state index in [4.69, 9.17) is 4.74 Å². The third-order valence-electron chi connectivity index (χ3n) is 5.25. The minimum atomic E-state index is -0.869. The van der Waals surface area contributed by atoms with Crippen molar-refractivity contribution in [2.75, 3.05) is 6.61 Å². The van der Waals surface area contributed by atoms with E-state index in [1.807, 2.05) is 6.92 Å². The standard InChI is InChI=1S/C25H22N2O5/c1-2-32-20-8-4-6-18(14-20)23(29)21-22(17-5-3-7-19(28)13-17)27(25(31)24(21)30)15-16-9-11-26-12-10-16/h3-14,22,28-29H,2,15H2,1H3/b23-21+. The number of Topliss-reactive ketones (excluding diaryl/α,β-unsaturated/α-hetero) is 1. The number of aliphatic hydroxyl groups excluding tert-OH is 1. The second-order valence-electron chi connectivity index (χ2n) is 7.34. The number of phenols is 1. The second-order valence-corrected chi connectivity index (χ2v) is 7.34. The summed E-state index contributed by atoms with van der Waals surface area (Å²) in [5.41, 5.74) is 1.62. The van der Waals surface area contributed by atoms with Gasteiger partial charge in [0.2, 0.25) is 0 Å². The van der Waals surface area contributed by atoms with Crippen molar-refractivity contribution < 1.29 is 24.5 Å². The van der Waals surface area contributed by atoms with Gasteiger partial charge in [-0.3, -0.25) is 14.6 Å². The smallest absolute Gasteiger partial charge is 0.295 e. The van der Waals surface area contributed by atoms with Gasteiger partial charge in [0.05, 0.1) is 18.2 Å². The Morgan fingerprint density at radius 3 is 2.53 bits per heavy atom. The molecular formula is C25H22N2O5. The van der Waals surface area contributed by atoms with Gasteiger partial charge in [-0.2, -0.15) is 0 Å². The molecule has 0 aliphatic carbocycles. The van der Waals surface area contributed by atoms with Crippen LogP contribution >= 0.6 is 0 Å². The topological polar surface area (TPSA) is 100.0 Å². The van der Waals surface area contributed by atoms with Crippen LogP contribution in [0.3, 0.4) is 0 Å². The molecule has 0 bridgehead atoms. The number of amides is 1. The SMILES string of the molecule is CCOc1cccc(/C(O)=C2\C(=O)C(=O)N(Cc3ccncc3)C2c2cccc(O)c2)c1. The molecule has 2 aromatic carbocycles. The first kappa shape index (κ1) is 21.1. The Hall–Kier alpha value is -4.13. The van der Waals surface area contributed by atoms with Gasteiger partial charge < -0.3 is 19.8 Å². The molecule has 4 rings (SSSR count). The van der Waals surface area contributed by atoms with Crippen LogP contribution in [0, 0.1) is 0 Å². The maximum absolute atomic E-state index is 13.1. The van der Waals surface area contributed by atoms with Crippen molar-refractivity contribution in [3.8, 4) is 11.5 Å². The lowest BCUT2D eigenvalue weighted by Crippen LogP contribution is -2.29. The lowest BCUT2D eigenvalue weighted by atomic mass is 9.95. The van der Waals surface area contributed by atoms with Crippen LogP contribution in [0.2, 0.25) is 0 Å². The van der Waals surface area contributed by atoms with Crippen molar-refractivity contribution in [1.29, 1.82) is 0 Å². The third-order valence-corrected chi connectivity index (χ3v) is 5.25. The van der Waals surface area contributed by atoms with Gasteiger partial charge >= 0.3 is 0 Å². The molecule has 1 aliphatic heterocycles. The Morgan fingerprint density at radius 1 is 1.06 bits per heavy atom. The zero-order valence-electron chi connectivity index (χ0n) is 17.4. The molecule has 0 spiro atoms. The molecular weight excluding hydrogens is 408 g/mol. The lowest BCUT2D eigenvalue weighted by molar-refractivity contribution is -0.140. The number of benzene rings is 2. The van der Waals surface area contributed by atoms with Gasteiger partial charge in [0.15, 0.2) is 0 Å². The number of aromatic hydroxyl groups is 1. The minimum absolute atomic E-state index is 0.00431. The van der Waals surface area contributed by atoms with E-state index in [1.165, 1.54) is 17.0 Å². The number of phenolic OH excluding ortho intramolecular Hbond substituents is 1. The van der Waals surface area contributed by atoms with E-state index in [1.54, 1.807) is 60.9 Å². The number of hydrogen-bond acceptors (Lipinski definition) is 6. The maximum atomic E-state index is 13.1. The predicted molar refractivity (Wildman–Crippen MR) is 118 cm³/mol. The lowest BCUT2D eigenvalue weighted by Gasteiger charge is -2.25. The van der Waals surface area contributed by atoms with Crippen molar-refractivity contribution in [3.05, 3.63) is 95.3 Å². The highest BCUT2D eigenvalue weighted by atomic mass is 16.5. The molecule has 7 heteroatoms. The molecule has 1 saturated heterocycles. The number of carbonyl (C=O) groups excluding carboxylic acids is 2. The summed E-state index contributed by atoms with van der Waals surface area (Å²) in [7, 11) is 0. The van der Waals surface area contributed by atoms with E-state index in [2.05, 4.69) is 4.98 Å². The van der Waals surface area contributed by atoms with Crippen molar-refractivity contribution in [2.45, 2.75) is 19.5 Å². The van der Waals surface area contributed by atoms with E-state index in [-0.39, 0.29) is 23.6 Å². The highest BCUT2D eigenvalue weighted by Gasteiger charge is 2.46. The van der Waals surface area contributed by atoms with Crippen LogP contribution in [0.25, 0.3) is 5.76 Å². The van der Waals surface area contributed by atoms with E-state index in [0.717, 1.165) is 5.56 Å². The Labute approximate surface area is 185 Å². The zero-order valence-corrected chi connectivity index (χ0v) is 17.4. The van der Waals surface area contributed by atoms with Gasteiger partial charge in [0.1, 0.15) is 17.3 Å². The van der Waals surface area contributed by atoms with Crippen LogP contribution in [0.5, 0.6) is 11.5 Å². The number of ether oxygens (including phenoxy) is 1. The molecule has 2 heterocycles. The van der Waals surface area contributed by atoms with Crippen LogP contribution in [0.4, 0.5) is 0 Å². The quantitative estimate of drug-likeness (QED) is 0.350. The minimum Gasteiger partial charge on any atom is -0.508 e. The number of hydrogen-bond donors (Lipinski definition) is 2. The first-order chi connectivity index (χ1) is 15.5. The molecule has 162 valence electrons. The van der Waals surface area contributed by atoms with Crippen LogP contribution < -0.4 is 4.74 Å². The second kappa shape index (κ2) is 8.93. The molecule has 7 nitrogen and oxygen atoms in total. The van der Waals surface area contributed by atoms with Gasteiger partial charge in [-0.25, -0.2) is 0 Å². The highest BCUT2D eigenvalue weighted by molar-refractivity contribution is 6.46. The van der Waals surface area contributed by atoms with Crippen molar-refractivity contribution in [3.63, 3.8) is 0 Å². The fourth-order valence-electron chi connectivity index (χ4n) is 3.82. The highest BCUT2D eigenvalue weighted by Crippen LogP contribution is 2.41. The number of aliphatic hydroxyl groups is 1. The predicted octanol–water partition coefficient (Wildman–Crippen LogP) is 3.81. The fourth-order valence-corrected chi connectivity index (χ4v) is 3.82. The van der Waals surface area contributed by atoms with E-state index in [9.17, 15) is 19.8 Å². The van der Waals surface area contributed by atoms with Crippen molar-refractivity contribution in [2.24, 2.45) is 0 Å². The molecule has 1 atom stereocenters. The van der Waals surface area contributed by atoms with Crippen LogP contribution in [0.15, 0.2) is 78.6 Å². The summed E-state index contributed by atoms with van der Waals surface area (Å²) in [5, 5.41) is 21.2. The largest absolute Gasteiger partial charge is 0.508 e. The summed E-state index contributed by atoms with van der Waals surface area (Å²) >= 11 is 0. The average Bonchev–Trinajstić information content (AvgIpc) is 3.05. The average molecular weight is 430 g/mol. The van der Waals surface area contributed by atoms with E-state index < -0.39 is 17.7 Å². The number of pyridine rings is 1. The molecule has 0 saturated carbocycles. The summed E-state index contributed by atoms with van der Waals surface area (Å²) in [5.74, 6) is -1.27. The van der Waals surface area contributed by atoms with Gasteiger partial charge in [0, 0.05) is 24.5 Å². The molecule has 1 aliphatic rings. The first-order valence-corrected chi connectivity index (χ1v) is 10.2. The Morgan fingerprint density at radius 2 is 1.81 bits per heavy atom. The summed E-state index contributed by atoms with van der Waals surface area (Å²) in [4.78, 5) is 31.5. The van der Waals surface area contributed by atoms with Gasteiger partial charge in [-0.1, -0.05) is 24.3 Å².